The average molecular weight is 366 g/mol. The molecule has 1 fully saturated rings. The summed E-state index contributed by atoms with van der Waals surface area (Å²) in [5, 5.41) is 6.96. The van der Waals surface area contributed by atoms with Gasteiger partial charge < -0.3 is 20.4 Å². The quantitative estimate of drug-likeness (QED) is 0.442. The largest absolute Gasteiger partial charge is 0.356 e. The smallest absolute Gasteiger partial charge is 0.191 e. The normalized spacial score (nSPS) is 18.8. The van der Waals surface area contributed by atoms with Gasteiger partial charge in [-0.25, -0.2) is 0 Å². The summed E-state index contributed by atoms with van der Waals surface area (Å²) in [7, 11) is 4.07. The monoisotopic (exact) mass is 365 g/mol. The van der Waals surface area contributed by atoms with Gasteiger partial charge in [0.2, 0.25) is 0 Å². The number of rotatable bonds is 7. The van der Waals surface area contributed by atoms with Gasteiger partial charge in [-0.3, -0.25) is 4.99 Å². The van der Waals surface area contributed by atoms with Crippen LogP contribution in [0, 0.1) is 6.92 Å². The molecule has 0 saturated carbocycles. The number of hydrogen-bond donors (Lipinski definition) is 2. The van der Waals surface area contributed by atoms with E-state index in [1.807, 2.05) is 18.4 Å². The van der Waals surface area contributed by atoms with Crippen molar-refractivity contribution in [3.63, 3.8) is 0 Å². The number of guanidine groups is 1. The van der Waals surface area contributed by atoms with Gasteiger partial charge in [0, 0.05) is 48.9 Å². The van der Waals surface area contributed by atoms with E-state index in [2.05, 4.69) is 58.5 Å². The Labute approximate surface area is 157 Å². The van der Waals surface area contributed by atoms with E-state index < -0.39 is 0 Å². The Balaban J connectivity index is 1.62. The van der Waals surface area contributed by atoms with Crippen molar-refractivity contribution in [1.29, 1.82) is 0 Å². The maximum Gasteiger partial charge on any atom is 0.191 e. The van der Waals surface area contributed by atoms with Crippen LogP contribution in [0.25, 0.3) is 0 Å². The van der Waals surface area contributed by atoms with Crippen LogP contribution in [0.3, 0.4) is 0 Å². The minimum Gasteiger partial charge on any atom is -0.356 e. The highest BCUT2D eigenvalue weighted by atomic mass is 32.1. The molecule has 0 radical (unpaired) electrons. The zero-order valence-electron chi connectivity index (χ0n) is 16.3. The molecule has 2 heterocycles. The summed E-state index contributed by atoms with van der Waals surface area (Å²) in [6.07, 6.45) is 3.48. The molecule has 6 heteroatoms. The molecule has 1 aliphatic rings. The maximum atomic E-state index is 4.36. The van der Waals surface area contributed by atoms with Crippen LogP contribution in [0.4, 0.5) is 0 Å². The summed E-state index contributed by atoms with van der Waals surface area (Å²) in [6, 6.07) is 4.80. The van der Waals surface area contributed by atoms with Gasteiger partial charge in [-0.1, -0.05) is 0 Å². The van der Waals surface area contributed by atoms with E-state index >= 15 is 0 Å². The minimum atomic E-state index is 0.380. The molecule has 2 N–H and O–H groups in total. The second-order valence-corrected chi connectivity index (χ2v) is 8.49. The molecule has 1 aromatic rings. The van der Waals surface area contributed by atoms with E-state index in [4.69, 9.17) is 0 Å². The summed E-state index contributed by atoms with van der Waals surface area (Å²) in [5.41, 5.74) is 0. The van der Waals surface area contributed by atoms with Crippen molar-refractivity contribution in [3.8, 4) is 0 Å². The lowest BCUT2D eigenvalue weighted by Gasteiger charge is -2.21. The molecule has 0 bridgehead atoms. The van der Waals surface area contributed by atoms with Gasteiger partial charge in [-0.2, -0.15) is 0 Å². The molecule has 0 aromatic carbocycles. The number of aryl methyl sites for hydroxylation is 1. The summed E-state index contributed by atoms with van der Waals surface area (Å²) in [6.45, 7) is 11.4. The minimum absolute atomic E-state index is 0.380. The van der Waals surface area contributed by atoms with Crippen LogP contribution in [-0.2, 0) is 6.42 Å². The molecule has 2 rings (SSSR count). The fraction of sp³-hybridized carbons (Fsp3) is 0.737. The highest BCUT2D eigenvalue weighted by Gasteiger charge is 2.11. The molecular formula is C19H35N5S. The fourth-order valence-electron chi connectivity index (χ4n) is 3.21. The van der Waals surface area contributed by atoms with E-state index in [1.54, 1.807) is 0 Å². The highest BCUT2D eigenvalue weighted by molar-refractivity contribution is 7.11. The number of nitrogens with zero attached hydrogens (tertiary/aromatic N) is 3. The Kier molecular flexibility index (Phi) is 8.72. The molecule has 1 unspecified atom stereocenters. The van der Waals surface area contributed by atoms with Crippen molar-refractivity contribution in [1.82, 2.24) is 20.4 Å². The summed E-state index contributed by atoms with van der Waals surface area (Å²) < 4.78 is 0. The zero-order chi connectivity index (χ0) is 18.1. The third-order valence-corrected chi connectivity index (χ3v) is 5.69. The summed E-state index contributed by atoms with van der Waals surface area (Å²) >= 11 is 1.88. The molecule has 25 heavy (non-hydrogen) atoms. The van der Waals surface area contributed by atoms with E-state index in [1.165, 1.54) is 48.9 Å². The van der Waals surface area contributed by atoms with E-state index in [0.29, 0.717) is 6.04 Å². The van der Waals surface area contributed by atoms with E-state index in [0.717, 1.165) is 25.3 Å². The number of hydrogen-bond acceptors (Lipinski definition) is 4. The first-order chi connectivity index (χ1) is 12.1. The second kappa shape index (κ2) is 10.8. The van der Waals surface area contributed by atoms with Crippen LogP contribution in [0.1, 0.15) is 29.5 Å². The number of likely N-dealkylation sites (N-methyl/N-ethyl adjacent to an activating group) is 1. The van der Waals surface area contributed by atoms with E-state index in [-0.39, 0.29) is 0 Å². The SMILES string of the molecule is CN=C(NCCCN1CCCN(C)CC1)NC(C)Cc1ccc(C)s1. The van der Waals surface area contributed by atoms with Crippen molar-refractivity contribution in [2.75, 3.05) is 53.4 Å². The van der Waals surface area contributed by atoms with Gasteiger partial charge in [-0.15, -0.1) is 11.3 Å². The van der Waals surface area contributed by atoms with Crippen LogP contribution in [0.15, 0.2) is 17.1 Å². The molecule has 0 spiro atoms. The Morgan fingerprint density at radius 2 is 2.12 bits per heavy atom. The van der Waals surface area contributed by atoms with E-state index in [9.17, 15) is 0 Å². The molecule has 0 amide bonds. The van der Waals surface area contributed by atoms with Gasteiger partial charge in [0.1, 0.15) is 0 Å². The number of aliphatic imine (C=N–C) groups is 1. The van der Waals surface area contributed by atoms with Crippen LogP contribution in [0.5, 0.6) is 0 Å². The molecule has 142 valence electrons. The van der Waals surface area contributed by atoms with Gasteiger partial charge >= 0.3 is 0 Å². The third-order valence-electron chi connectivity index (χ3n) is 4.67. The average Bonchev–Trinajstić information content (AvgIpc) is 2.87. The Hall–Kier alpha value is -1.11. The first kappa shape index (κ1) is 20.2. The predicted octanol–water partition coefficient (Wildman–Crippen LogP) is 2.18. The van der Waals surface area contributed by atoms with Crippen molar-refractivity contribution in [2.45, 2.75) is 39.2 Å². The zero-order valence-corrected chi connectivity index (χ0v) is 17.2. The van der Waals surface area contributed by atoms with Crippen molar-refractivity contribution in [2.24, 2.45) is 4.99 Å². The van der Waals surface area contributed by atoms with Gasteiger partial charge in [0.05, 0.1) is 0 Å². The molecule has 1 aliphatic heterocycles. The maximum absolute atomic E-state index is 4.36. The molecule has 0 aliphatic carbocycles. The fourth-order valence-corrected chi connectivity index (χ4v) is 4.23. The Morgan fingerprint density at radius 1 is 1.28 bits per heavy atom. The first-order valence-electron chi connectivity index (χ1n) is 9.50. The molecule has 1 aromatic heterocycles. The van der Waals surface area contributed by atoms with Gasteiger partial charge in [0.15, 0.2) is 5.96 Å². The summed E-state index contributed by atoms with van der Waals surface area (Å²) in [5.74, 6) is 0.913. The van der Waals surface area contributed by atoms with Crippen LogP contribution >= 0.6 is 11.3 Å². The Morgan fingerprint density at radius 3 is 2.84 bits per heavy atom. The van der Waals surface area contributed by atoms with Crippen molar-refractivity contribution < 1.29 is 0 Å². The predicted molar refractivity (Wildman–Crippen MR) is 110 cm³/mol. The topological polar surface area (TPSA) is 42.9 Å². The molecule has 1 atom stereocenters. The lowest BCUT2D eigenvalue weighted by Crippen LogP contribution is -2.43. The lowest BCUT2D eigenvalue weighted by atomic mass is 10.2. The third kappa shape index (κ3) is 7.75. The molecule has 5 nitrogen and oxygen atoms in total. The standard InChI is InChI=1S/C19H35N5S/c1-16(15-18-8-7-17(2)25-18)22-19(20-3)21-9-5-11-24-12-6-10-23(4)13-14-24/h7-8,16H,5-6,9-15H2,1-4H3,(H2,20,21,22). The summed E-state index contributed by atoms with van der Waals surface area (Å²) in [4.78, 5) is 12.2. The number of thiophene rings is 1. The lowest BCUT2D eigenvalue weighted by molar-refractivity contribution is 0.274. The number of nitrogens with one attached hydrogen (secondary N) is 2. The van der Waals surface area contributed by atoms with Crippen LogP contribution in [-0.4, -0.2) is 75.2 Å². The Bertz CT molecular complexity index is 528. The second-order valence-electron chi connectivity index (χ2n) is 7.11. The van der Waals surface area contributed by atoms with Crippen LogP contribution in [0.2, 0.25) is 0 Å². The van der Waals surface area contributed by atoms with Gasteiger partial charge in [0.25, 0.3) is 0 Å². The van der Waals surface area contributed by atoms with Crippen molar-refractivity contribution in [3.05, 3.63) is 21.9 Å². The van der Waals surface area contributed by atoms with Crippen LogP contribution < -0.4 is 10.6 Å². The van der Waals surface area contributed by atoms with Crippen molar-refractivity contribution >= 4 is 17.3 Å². The molecule has 1 saturated heterocycles. The first-order valence-corrected chi connectivity index (χ1v) is 10.3. The van der Waals surface area contributed by atoms with Gasteiger partial charge in [-0.05, 0) is 65.5 Å². The highest BCUT2D eigenvalue weighted by Crippen LogP contribution is 2.16. The molecular weight excluding hydrogens is 330 g/mol.